The Morgan fingerprint density at radius 3 is 2.75 bits per heavy atom. The van der Waals surface area contributed by atoms with Gasteiger partial charge in [-0.15, -0.1) is 0 Å². The van der Waals surface area contributed by atoms with Gasteiger partial charge in [0.2, 0.25) is 0 Å². The summed E-state index contributed by atoms with van der Waals surface area (Å²) in [6, 6.07) is 1.37. The summed E-state index contributed by atoms with van der Waals surface area (Å²) in [5.41, 5.74) is -0.0351. The fourth-order valence-electron chi connectivity index (χ4n) is 1.08. The second kappa shape index (κ2) is 5.60. The third-order valence-electron chi connectivity index (χ3n) is 1.88. The number of methoxy groups -OCH3 is 1. The number of carbonyl (C=O) groups excluding carboxylic acids is 2. The summed E-state index contributed by atoms with van der Waals surface area (Å²) in [7, 11) is 1.25. The van der Waals surface area contributed by atoms with Gasteiger partial charge < -0.3 is 9.84 Å². The Bertz CT molecular complexity index is 419. The van der Waals surface area contributed by atoms with E-state index in [-0.39, 0.29) is 24.3 Å². The Hall–Kier alpha value is -1.43. The van der Waals surface area contributed by atoms with Crippen LogP contribution in [0, 0.1) is 0 Å². The number of ketones is 1. The molecule has 6 heteroatoms. The van der Waals surface area contributed by atoms with Crippen LogP contribution < -0.4 is 0 Å². The first-order valence-corrected chi connectivity index (χ1v) is 5.28. The Morgan fingerprint density at radius 1 is 1.50 bits per heavy atom. The Balaban J connectivity index is 2.70. The van der Waals surface area contributed by atoms with Crippen LogP contribution in [0.1, 0.15) is 23.3 Å². The number of pyridine rings is 1. The molecule has 0 bridgehead atoms. The van der Waals surface area contributed by atoms with Gasteiger partial charge in [0.25, 0.3) is 0 Å². The molecule has 1 aromatic heterocycles. The number of esters is 1. The van der Waals surface area contributed by atoms with Crippen molar-refractivity contribution in [1.82, 2.24) is 4.98 Å². The van der Waals surface area contributed by atoms with E-state index in [0.717, 1.165) is 0 Å². The van der Waals surface area contributed by atoms with Crippen LogP contribution >= 0.6 is 15.9 Å². The monoisotopic (exact) mass is 287 g/mol. The van der Waals surface area contributed by atoms with Crippen molar-refractivity contribution in [2.24, 2.45) is 0 Å². The number of carbonyl (C=O) groups is 2. The van der Waals surface area contributed by atoms with Gasteiger partial charge in [-0.2, -0.15) is 0 Å². The van der Waals surface area contributed by atoms with Gasteiger partial charge in [0.05, 0.1) is 13.5 Å². The van der Waals surface area contributed by atoms with Crippen molar-refractivity contribution >= 4 is 27.7 Å². The van der Waals surface area contributed by atoms with Crippen molar-refractivity contribution in [3.8, 4) is 5.75 Å². The zero-order valence-corrected chi connectivity index (χ0v) is 10.2. The molecule has 1 aromatic rings. The van der Waals surface area contributed by atoms with E-state index in [0.29, 0.717) is 4.47 Å². The van der Waals surface area contributed by atoms with E-state index in [9.17, 15) is 14.7 Å². The third kappa shape index (κ3) is 3.30. The minimum absolute atomic E-state index is 0.0213. The summed E-state index contributed by atoms with van der Waals surface area (Å²) in [6.07, 6.45) is 1.35. The van der Waals surface area contributed by atoms with E-state index in [1.54, 1.807) is 0 Å². The molecule has 16 heavy (non-hydrogen) atoms. The summed E-state index contributed by atoms with van der Waals surface area (Å²) >= 11 is 3.11. The topological polar surface area (TPSA) is 76.5 Å². The van der Waals surface area contributed by atoms with Gasteiger partial charge >= 0.3 is 5.97 Å². The molecule has 86 valence electrons. The predicted molar refractivity (Wildman–Crippen MR) is 59.2 cm³/mol. The van der Waals surface area contributed by atoms with Crippen molar-refractivity contribution in [2.45, 2.75) is 12.8 Å². The van der Waals surface area contributed by atoms with Gasteiger partial charge in [0.15, 0.2) is 5.78 Å². The summed E-state index contributed by atoms with van der Waals surface area (Å²) in [5.74, 6) is -1.07. The maximum atomic E-state index is 11.6. The number of aromatic nitrogens is 1. The highest BCUT2D eigenvalue weighted by Gasteiger charge is 2.14. The Morgan fingerprint density at radius 2 is 2.19 bits per heavy atom. The zero-order chi connectivity index (χ0) is 12.1. The fourth-order valence-corrected chi connectivity index (χ4v) is 1.40. The Kier molecular flexibility index (Phi) is 4.42. The molecular weight excluding hydrogens is 278 g/mol. The second-order valence-electron chi connectivity index (χ2n) is 3.02. The molecule has 0 atom stereocenters. The molecule has 1 N–H and O–H groups in total. The van der Waals surface area contributed by atoms with Crippen molar-refractivity contribution in [2.75, 3.05) is 7.11 Å². The van der Waals surface area contributed by atoms with Gasteiger partial charge in [-0.3, -0.25) is 9.59 Å². The zero-order valence-electron chi connectivity index (χ0n) is 8.57. The SMILES string of the molecule is COC(=O)CCC(=O)c1ncc(Br)cc1O. The predicted octanol–water partition coefficient (Wildman–Crippen LogP) is 1.69. The quantitative estimate of drug-likeness (QED) is 0.674. The lowest BCUT2D eigenvalue weighted by Gasteiger charge is -2.02. The van der Waals surface area contributed by atoms with Crippen molar-refractivity contribution in [3.63, 3.8) is 0 Å². The summed E-state index contributed by atoms with van der Waals surface area (Å²) < 4.78 is 4.98. The number of hydrogen-bond donors (Lipinski definition) is 1. The van der Waals surface area contributed by atoms with E-state index < -0.39 is 11.8 Å². The molecular formula is C10H10BrNO4. The molecule has 0 fully saturated rings. The smallest absolute Gasteiger partial charge is 0.305 e. The van der Waals surface area contributed by atoms with E-state index in [4.69, 9.17) is 0 Å². The molecule has 1 rings (SSSR count). The minimum atomic E-state index is -0.468. The molecule has 0 aliphatic rings. The molecule has 0 spiro atoms. The van der Waals surface area contributed by atoms with Crippen molar-refractivity contribution in [3.05, 3.63) is 22.4 Å². The highest BCUT2D eigenvalue weighted by atomic mass is 79.9. The van der Waals surface area contributed by atoms with Crippen molar-refractivity contribution in [1.29, 1.82) is 0 Å². The van der Waals surface area contributed by atoms with Crippen LogP contribution in [0.15, 0.2) is 16.7 Å². The van der Waals surface area contributed by atoms with Gasteiger partial charge in [-0.1, -0.05) is 0 Å². The standard InChI is InChI=1S/C10H10BrNO4/c1-16-9(15)3-2-7(13)10-8(14)4-6(11)5-12-10/h4-5,14H,2-3H2,1H3. The molecule has 0 aliphatic heterocycles. The van der Waals surface area contributed by atoms with Crippen LogP contribution in [0.4, 0.5) is 0 Å². The van der Waals surface area contributed by atoms with Crippen LogP contribution in [0.2, 0.25) is 0 Å². The molecule has 0 unspecified atom stereocenters. The van der Waals surface area contributed by atoms with Gasteiger partial charge in [-0.25, -0.2) is 4.98 Å². The normalized spacial score (nSPS) is 9.88. The van der Waals surface area contributed by atoms with E-state index in [1.165, 1.54) is 19.4 Å². The first-order valence-electron chi connectivity index (χ1n) is 4.49. The van der Waals surface area contributed by atoms with E-state index in [2.05, 4.69) is 25.7 Å². The average Bonchev–Trinajstić information content (AvgIpc) is 2.25. The van der Waals surface area contributed by atoms with Crippen LogP contribution in [0.3, 0.4) is 0 Å². The Labute approximate surface area is 101 Å². The summed E-state index contributed by atoms with van der Waals surface area (Å²) in [5, 5.41) is 9.45. The second-order valence-corrected chi connectivity index (χ2v) is 3.94. The highest BCUT2D eigenvalue weighted by molar-refractivity contribution is 9.10. The molecule has 0 aliphatic carbocycles. The molecule has 1 heterocycles. The number of ether oxygens (including phenoxy) is 1. The lowest BCUT2D eigenvalue weighted by Crippen LogP contribution is -2.07. The first-order chi connectivity index (χ1) is 7.54. The molecule has 0 saturated heterocycles. The van der Waals surface area contributed by atoms with Gasteiger partial charge in [-0.05, 0) is 22.0 Å². The van der Waals surface area contributed by atoms with E-state index in [1.807, 2.05) is 0 Å². The number of halogens is 1. The molecule has 0 saturated carbocycles. The summed E-state index contributed by atoms with van der Waals surface area (Å²) in [4.78, 5) is 26.2. The highest BCUT2D eigenvalue weighted by Crippen LogP contribution is 2.21. The first kappa shape index (κ1) is 12.6. The lowest BCUT2D eigenvalue weighted by molar-refractivity contribution is -0.140. The van der Waals surface area contributed by atoms with E-state index >= 15 is 0 Å². The van der Waals surface area contributed by atoms with Crippen LogP contribution in [-0.4, -0.2) is 29.0 Å². The fraction of sp³-hybridized carbons (Fsp3) is 0.300. The molecule has 0 aromatic carbocycles. The number of Topliss-reactive ketones (excluding diaryl/α,β-unsaturated/α-hetero) is 1. The van der Waals surface area contributed by atoms with Crippen molar-refractivity contribution < 1.29 is 19.4 Å². The third-order valence-corrected chi connectivity index (χ3v) is 2.32. The average molecular weight is 288 g/mol. The van der Waals surface area contributed by atoms with Crippen LogP contribution in [-0.2, 0) is 9.53 Å². The maximum absolute atomic E-state index is 11.6. The maximum Gasteiger partial charge on any atom is 0.305 e. The number of hydrogen-bond acceptors (Lipinski definition) is 5. The molecule has 0 amide bonds. The molecule has 0 radical (unpaired) electrons. The van der Waals surface area contributed by atoms with Crippen LogP contribution in [0.5, 0.6) is 5.75 Å². The summed E-state index contributed by atoms with van der Waals surface area (Å²) in [6.45, 7) is 0. The number of rotatable bonds is 4. The largest absolute Gasteiger partial charge is 0.506 e. The number of aromatic hydroxyl groups is 1. The number of nitrogens with zero attached hydrogens (tertiary/aromatic N) is 1. The minimum Gasteiger partial charge on any atom is -0.506 e. The lowest BCUT2D eigenvalue weighted by atomic mass is 10.1. The van der Waals surface area contributed by atoms with Crippen LogP contribution in [0.25, 0.3) is 0 Å². The molecule has 5 nitrogen and oxygen atoms in total. The van der Waals surface area contributed by atoms with Gasteiger partial charge in [0, 0.05) is 17.1 Å². The van der Waals surface area contributed by atoms with Gasteiger partial charge in [0.1, 0.15) is 11.4 Å².